The molecule has 2 aromatic rings. The van der Waals surface area contributed by atoms with Crippen LogP contribution in [0, 0.1) is 0 Å². The molecular weight excluding hydrogens is 394 g/mol. The smallest absolute Gasteiger partial charge is 0.307 e. The summed E-state index contributed by atoms with van der Waals surface area (Å²) in [4.78, 5) is 13.2. The zero-order valence-corrected chi connectivity index (χ0v) is 16.8. The van der Waals surface area contributed by atoms with E-state index in [0.29, 0.717) is 6.61 Å². The van der Waals surface area contributed by atoms with Crippen LogP contribution in [0.25, 0.3) is 5.57 Å². The van der Waals surface area contributed by atoms with E-state index in [1.54, 1.807) is 0 Å². The van der Waals surface area contributed by atoms with Crippen LogP contribution in [0.1, 0.15) is 28.7 Å². The molecule has 0 unspecified atom stereocenters. The zero-order valence-electron chi connectivity index (χ0n) is 15.1. The van der Waals surface area contributed by atoms with Gasteiger partial charge in [-0.3, -0.25) is 4.79 Å². The van der Waals surface area contributed by atoms with Crippen molar-refractivity contribution >= 4 is 28.5 Å². The second-order valence-electron chi connectivity index (χ2n) is 6.56. The standard InChI is InChI=1S/C21H23NO3.BrH/c1-22(2)11-5-8-18-17-7-4-3-6-16(17)14-25-20-10-9-15(12-19(18)20)13-21(23)24;/h3-4,6-10,12H,5,11,13-14H2,1-2H3,(H,23,24);1H. The van der Waals surface area contributed by atoms with E-state index in [9.17, 15) is 4.79 Å². The molecule has 4 nitrogen and oxygen atoms in total. The van der Waals surface area contributed by atoms with Crippen LogP contribution in [0.2, 0.25) is 0 Å². The predicted octanol–water partition coefficient (Wildman–Crippen LogP) is 4.17. The first-order valence-corrected chi connectivity index (χ1v) is 8.45. The molecule has 1 heterocycles. The molecule has 1 aliphatic rings. The fourth-order valence-corrected chi connectivity index (χ4v) is 3.09. The first kappa shape index (κ1) is 20.2. The third-order valence-electron chi connectivity index (χ3n) is 4.30. The van der Waals surface area contributed by atoms with Gasteiger partial charge in [-0.1, -0.05) is 36.4 Å². The van der Waals surface area contributed by atoms with Crippen LogP contribution >= 0.6 is 17.0 Å². The summed E-state index contributed by atoms with van der Waals surface area (Å²) < 4.78 is 5.99. The van der Waals surface area contributed by atoms with Gasteiger partial charge in [0.15, 0.2) is 0 Å². The number of nitrogens with zero attached hydrogens (tertiary/aromatic N) is 1. The van der Waals surface area contributed by atoms with Crippen LogP contribution in [0.3, 0.4) is 0 Å². The summed E-state index contributed by atoms with van der Waals surface area (Å²) in [5, 5.41) is 9.10. The SMILES string of the molecule is Br.CN(C)CCC=C1c2ccccc2COc2ccc(CC(=O)O)cc21. The lowest BCUT2D eigenvalue weighted by atomic mass is 9.92. The molecule has 26 heavy (non-hydrogen) atoms. The molecule has 138 valence electrons. The molecule has 0 amide bonds. The van der Waals surface area contributed by atoms with Crippen molar-refractivity contribution in [3.63, 3.8) is 0 Å². The minimum atomic E-state index is -0.826. The highest BCUT2D eigenvalue weighted by Crippen LogP contribution is 2.37. The van der Waals surface area contributed by atoms with Gasteiger partial charge in [-0.05, 0) is 54.9 Å². The van der Waals surface area contributed by atoms with E-state index in [1.807, 2.05) is 30.3 Å². The Hall–Kier alpha value is -2.11. The van der Waals surface area contributed by atoms with Crippen molar-refractivity contribution < 1.29 is 14.6 Å². The highest BCUT2D eigenvalue weighted by atomic mass is 79.9. The van der Waals surface area contributed by atoms with Crippen molar-refractivity contribution in [1.29, 1.82) is 0 Å². The maximum atomic E-state index is 11.1. The lowest BCUT2D eigenvalue weighted by molar-refractivity contribution is -0.136. The Morgan fingerprint density at radius 3 is 2.69 bits per heavy atom. The molecule has 5 heteroatoms. The van der Waals surface area contributed by atoms with Crippen LogP contribution in [0.4, 0.5) is 0 Å². The number of carbonyl (C=O) groups is 1. The van der Waals surface area contributed by atoms with E-state index in [1.165, 1.54) is 0 Å². The molecule has 0 aromatic heterocycles. The highest BCUT2D eigenvalue weighted by molar-refractivity contribution is 8.93. The van der Waals surface area contributed by atoms with Gasteiger partial charge in [0.1, 0.15) is 12.4 Å². The summed E-state index contributed by atoms with van der Waals surface area (Å²) in [5.74, 6) is -0.0190. The first-order valence-electron chi connectivity index (χ1n) is 8.45. The Bertz CT molecular complexity index is 815. The lowest BCUT2D eigenvalue weighted by Gasteiger charge is -2.13. The third kappa shape index (κ3) is 4.74. The Labute approximate surface area is 164 Å². The van der Waals surface area contributed by atoms with Gasteiger partial charge in [-0.15, -0.1) is 17.0 Å². The van der Waals surface area contributed by atoms with Crippen molar-refractivity contribution in [2.24, 2.45) is 0 Å². The summed E-state index contributed by atoms with van der Waals surface area (Å²) in [6.45, 7) is 1.48. The quantitative estimate of drug-likeness (QED) is 0.792. The van der Waals surface area contributed by atoms with Gasteiger partial charge in [0.25, 0.3) is 0 Å². The second kappa shape index (κ2) is 9.01. The molecule has 1 N–H and O–H groups in total. The number of ether oxygens (including phenoxy) is 1. The molecule has 0 fully saturated rings. The summed E-state index contributed by atoms with van der Waals surface area (Å²) >= 11 is 0. The molecule has 0 saturated heterocycles. The van der Waals surface area contributed by atoms with Crippen molar-refractivity contribution in [3.05, 3.63) is 70.8 Å². The average Bonchev–Trinajstić information content (AvgIpc) is 2.72. The van der Waals surface area contributed by atoms with Crippen molar-refractivity contribution in [2.75, 3.05) is 20.6 Å². The van der Waals surface area contributed by atoms with Gasteiger partial charge < -0.3 is 14.7 Å². The minimum Gasteiger partial charge on any atom is -0.488 e. The van der Waals surface area contributed by atoms with E-state index in [0.717, 1.165) is 46.5 Å². The Kier molecular flexibility index (Phi) is 7.00. The minimum absolute atomic E-state index is 0. The molecule has 3 rings (SSSR count). The maximum Gasteiger partial charge on any atom is 0.307 e. The van der Waals surface area contributed by atoms with Gasteiger partial charge in [0.2, 0.25) is 0 Å². The summed E-state index contributed by atoms with van der Waals surface area (Å²) in [6, 6.07) is 13.9. The third-order valence-corrected chi connectivity index (χ3v) is 4.30. The number of carboxylic acid groups (broad SMARTS) is 1. The fraction of sp³-hybridized carbons (Fsp3) is 0.286. The van der Waals surface area contributed by atoms with Gasteiger partial charge in [0, 0.05) is 12.1 Å². The van der Waals surface area contributed by atoms with Crippen LogP contribution in [-0.2, 0) is 17.8 Å². The molecule has 0 bridgehead atoms. The van der Waals surface area contributed by atoms with E-state index in [4.69, 9.17) is 9.84 Å². The number of aliphatic carboxylic acids is 1. The van der Waals surface area contributed by atoms with E-state index < -0.39 is 5.97 Å². The topological polar surface area (TPSA) is 49.8 Å². The summed E-state index contributed by atoms with van der Waals surface area (Å²) in [5.41, 5.74) is 5.19. The fourth-order valence-electron chi connectivity index (χ4n) is 3.09. The van der Waals surface area contributed by atoms with Crippen LogP contribution < -0.4 is 4.74 Å². The second-order valence-corrected chi connectivity index (χ2v) is 6.56. The molecule has 0 spiro atoms. The Balaban J connectivity index is 0.00000243. The number of carboxylic acids is 1. The van der Waals surface area contributed by atoms with E-state index in [-0.39, 0.29) is 23.4 Å². The lowest BCUT2D eigenvalue weighted by Crippen LogP contribution is -2.12. The van der Waals surface area contributed by atoms with Crippen molar-refractivity contribution in [3.8, 4) is 5.75 Å². The van der Waals surface area contributed by atoms with Crippen LogP contribution in [0.5, 0.6) is 5.75 Å². The normalized spacial score (nSPS) is 14.0. The molecule has 0 radical (unpaired) electrons. The molecule has 2 aromatic carbocycles. The maximum absolute atomic E-state index is 11.1. The number of halogens is 1. The zero-order chi connectivity index (χ0) is 17.8. The molecule has 0 atom stereocenters. The van der Waals surface area contributed by atoms with Gasteiger partial charge >= 0.3 is 5.97 Å². The predicted molar refractivity (Wildman–Crippen MR) is 109 cm³/mol. The van der Waals surface area contributed by atoms with Gasteiger partial charge in [-0.25, -0.2) is 0 Å². The Morgan fingerprint density at radius 2 is 1.96 bits per heavy atom. The summed E-state index contributed by atoms with van der Waals surface area (Å²) in [7, 11) is 4.11. The number of hydrogen-bond acceptors (Lipinski definition) is 3. The van der Waals surface area contributed by atoms with Crippen LogP contribution in [-0.4, -0.2) is 36.6 Å². The number of rotatable bonds is 5. The number of hydrogen-bond donors (Lipinski definition) is 1. The molecular formula is C21H24BrNO3. The van der Waals surface area contributed by atoms with Gasteiger partial charge in [0.05, 0.1) is 6.42 Å². The van der Waals surface area contributed by atoms with Crippen LogP contribution in [0.15, 0.2) is 48.5 Å². The van der Waals surface area contributed by atoms with E-state index >= 15 is 0 Å². The number of fused-ring (bicyclic) bond motifs is 2. The average molecular weight is 418 g/mol. The molecule has 0 aliphatic carbocycles. The monoisotopic (exact) mass is 417 g/mol. The largest absolute Gasteiger partial charge is 0.488 e. The van der Waals surface area contributed by atoms with Crippen molar-refractivity contribution in [2.45, 2.75) is 19.4 Å². The van der Waals surface area contributed by atoms with Gasteiger partial charge in [-0.2, -0.15) is 0 Å². The number of benzene rings is 2. The molecule has 0 saturated carbocycles. The van der Waals surface area contributed by atoms with Crippen molar-refractivity contribution in [1.82, 2.24) is 4.90 Å². The molecule has 1 aliphatic heterocycles. The summed E-state index contributed by atoms with van der Waals surface area (Å²) in [6.07, 6.45) is 3.16. The first-order chi connectivity index (χ1) is 12.0. The Morgan fingerprint density at radius 1 is 1.19 bits per heavy atom. The highest BCUT2D eigenvalue weighted by Gasteiger charge is 2.19. The van der Waals surface area contributed by atoms with E-state index in [2.05, 4.69) is 37.2 Å².